The van der Waals surface area contributed by atoms with Crippen molar-refractivity contribution in [2.45, 2.75) is 6.92 Å². The number of nitrogens with zero attached hydrogens (tertiary/aromatic N) is 1. The molecule has 0 fully saturated rings. The number of carboxylic acids is 1. The van der Waals surface area contributed by atoms with Gasteiger partial charge in [0, 0.05) is 16.3 Å². The lowest BCUT2D eigenvalue weighted by Crippen LogP contribution is -2.13. The highest BCUT2D eigenvalue weighted by Crippen LogP contribution is 2.46. The number of carbonyl (C=O) groups is 2. The molecule has 2 heterocycles. The first-order chi connectivity index (χ1) is 14.8. The van der Waals surface area contributed by atoms with Crippen LogP contribution in [0.15, 0.2) is 46.2 Å². The summed E-state index contributed by atoms with van der Waals surface area (Å²) in [5.41, 5.74) is 1.52. The molecule has 2 N–H and O–H groups in total. The number of amides is 1. The van der Waals surface area contributed by atoms with Crippen LogP contribution >= 0.6 is 34.5 Å². The van der Waals surface area contributed by atoms with E-state index in [-0.39, 0.29) is 32.7 Å². The average molecular weight is 471 g/mol. The fourth-order valence-corrected chi connectivity index (χ4v) is 4.75. The largest absolute Gasteiger partial charge is 0.478 e. The molecule has 0 aliphatic rings. The highest BCUT2D eigenvalue weighted by atomic mass is 35.5. The number of halogens is 2. The normalized spacial score (nSPS) is 10.8. The number of rotatable bonds is 4. The minimum atomic E-state index is -1.25. The van der Waals surface area contributed by atoms with Crippen molar-refractivity contribution in [1.82, 2.24) is 0 Å². The number of aromatic carboxylic acids is 1. The van der Waals surface area contributed by atoms with Crippen LogP contribution in [0.25, 0.3) is 26.3 Å². The van der Waals surface area contributed by atoms with E-state index in [4.69, 9.17) is 34.2 Å². The Hall–Kier alpha value is -3.31. The second kappa shape index (κ2) is 8.08. The summed E-state index contributed by atoms with van der Waals surface area (Å²) in [5.74, 6) is -1.77. The van der Waals surface area contributed by atoms with E-state index in [0.29, 0.717) is 21.6 Å². The van der Waals surface area contributed by atoms with E-state index in [9.17, 15) is 14.7 Å². The summed E-state index contributed by atoms with van der Waals surface area (Å²) in [7, 11) is 0. The van der Waals surface area contributed by atoms with Crippen LogP contribution in [0.4, 0.5) is 11.4 Å². The third kappa shape index (κ3) is 3.66. The van der Waals surface area contributed by atoms with Crippen molar-refractivity contribution in [1.29, 1.82) is 0 Å². The lowest BCUT2D eigenvalue weighted by molar-refractivity contribution is 0.0699. The van der Waals surface area contributed by atoms with Crippen LogP contribution in [0.1, 0.15) is 26.5 Å². The Morgan fingerprint density at radius 3 is 2.61 bits per heavy atom. The van der Waals surface area contributed by atoms with Crippen LogP contribution in [-0.2, 0) is 0 Å². The predicted octanol–water partition coefficient (Wildman–Crippen LogP) is 7.28. The Labute approximate surface area is 190 Å². The molecule has 0 spiro atoms. The maximum Gasteiger partial charge on any atom is 0.339 e. The SMILES string of the molecule is [C-]#[N+]c1c(Cl)c(C)cc(-c2scc(NC(=O)c3cc4ccccc4o3)c2C(=O)O)c1Cl. The molecule has 1 amide bonds. The number of anilines is 1. The molecule has 0 unspecified atom stereocenters. The van der Waals surface area contributed by atoms with Gasteiger partial charge in [-0.15, -0.1) is 11.3 Å². The Morgan fingerprint density at radius 2 is 1.94 bits per heavy atom. The molecule has 6 nitrogen and oxygen atoms in total. The van der Waals surface area contributed by atoms with E-state index in [0.717, 1.165) is 16.7 Å². The fourth-order valence-electron chi connectivity index (χ4n) is 3.16. The Bertz CT molecular complexity index is 1380. The van der Waals surface area contributed by atoms with Crippen molar-refractivity contribution in [2.75, 3.05) is 5.32 Å². The number of nitrogens with one attached hydrogen (secondary N) is 1. The van der Waals surface area contributed by atoms with Gasteiger partial charge in [0.05, 0.1) is 27.2 Å². The van der Waals surface area contributed by atoms with Gasteiger partial charge in [-0.3, -0.25) is 4.79 Å². The van der Waals surface area contributed by atoms with Crippen LogP contribution in [0.5, 0.6) is 0 Å². The van der Waals surface area contributed by atoms with E-state index in [1.807, 2.05) is 6.07 Å². The van der Waals surface area contributed by atoms with Crippen molar-refractivity contribution in [2.24, 2.45) is 0 Å². The van der Waals surface area contributed by atoms with Gasteiger partial charge >= 0.3 is 5.97 Å². The first-order valence-corrected chi connectivity index (χ1v) is 10.5. The number of hydrogen-bond acceptors (Lipinski definition) is 4. The van der Waals surface area contributed by atoms with Gasteiger partial charge in [0.15, 0.2) is 5.76 Å². The minimum Gasteiger partial charge on any atom is -0.478 e. The Morgan fingerprint density at radius 1 is 1.19 bits per heavy atom. The zero-order valence-corrected chi connectivity index (χ0v) is 18.2. The van der Waals surface area contributed by atoms with Gasteiger partial charge in [-0.05, 0) is 24.6 Å². The molecule has 0 saturated heterocycles. The maximum atomic E-state index is 12.7. The molecule has 4 aromatic rings. The molecule has 0 aliphatic heterocycles. The van der Waals surface area contributed by atoms with E-state index >= 15 is 0 Å². The molecule has 0 bridgehead atoms. The van der Waals surface area contributed by atoms with Crippen molar-refractivity contribution in [3.05, 3.63) is 80.1 Å². The van der Waals surface area contributed by atoms with Crippen LogP contribution < -0.4 is 5.32 Å². The lowest BCUT2D eigenvalue weighted by atomic mass is 10.0. The molecule has 0 saturated carbocycles. The molecule has 0 aliphatic carbocycles. The molecule has 0 radical (unpaired) electrons. The van der Waals surface area contributed by atoms with Gasteiger partial charge in [-0.1, -0.05) is 47.5 Å². The number of para-hydroxylation sites is 1. The highest BCUT2D eigenvalue weighted by Gasteiger charge is 2.25. The van der Waals surface area contributed by atoms with Crippen LogP contribution in [0, 0.1) is 13.5 Å². The zero-order valence-electron chi connectivity index (χ0n) is 15.8. The first-order valence-electron chi connectivity index (χ1n) is 8.83. The van der Waals surface area contributed by atoms with Crippen LogP contribution in [0.3, 0.4) is 0 Å². The maximum absolute atomic E-state index is 12.7. The van der Waals surface area contributed by atoms with Gasteiger partial charge in [0.2, 0.25) is 5.69 Å². The third-order valence-corrected chi connectivity index (χ3v) is 6.49. The minimum absolute atomic E-state index is 0.0518. The van der Waals surface area contributed by atoms with Crippen molar-refractivity contribution in [3.63, 3.8) is 0 Å². The molecule has 9 heteroatoms. The van der Waals surface area contributed by atoms with Crippen molar-refractivity contribution < 1.29 is 19.1 Å². The standard InChI is InChI=1S/C22H12Cl2N2O4S/c1-10-7-12(18(24)19(25-2)17(10)23)20-16(22(28)29)13(9-31-20)26-21(27)15-8-11-5-3-4-6-14(11)30-15/h3-9H,1H3,(H,26,27)(H,28,29). The lowest BCUT2D eigenvalue weighted by Gasteiger charge is -2.10. The fraction of sp³-hybridized carbons (Fsp3) is 0.0455. The van der Waals surface area contributed by atoms with E-state index in [1.54, 1.807) is 37.3 Å². The van der Waals surface area contributed by atoms with Crippen molar-refractivity contribution in [3.8, 4) is 10.4 Å². The number of furan rings is 1. The van der Waals surface area contributed by atoms with Gasteiger partial charge in [-0.25, -0.2) is 9.64 Å². The summed E-state index contributed by atoms with van der Waals surface area (Å²) in [6, 6.07) is 10.4. The molecule has 31 heavy (non-hydrogen) atoms. The average Bonchev–Trinajstić information content (AvgIpc) is 3.35. The van der Waals surface area contributed by atoms with Crippen LogP contribution in [-0.4, -0.2) is 17.0 Å². The molecule has 0 atom stereocenters. The second-order valence-corrected chi connectivity index (χ2v) is 8.23. The molecular formula is C22H12Cl2N2O4S. The van der Waals surface area contributed by atoms with E-state index in [2.05, 4.69) is 10.2 Å². The highest BCUT2D eigenvalue weighted by molar-refractivity contribution is 7.14. The summed E-state index contributed by atoms with van der Waals surface area (Å²) in [4.78, 5) is 28.4. The predicted molar refractivity (Wildman–Crippen MR) is 122 cm³/mol. The van der Waals surface area contributed by atoms with Gasteiger partial charge in [0.1, 0.15) is 11.1 Å². The summed E-state index contributed by atoms with van der Waals surface area (Å²) >= 11 is 13.6. The number of fused-ring (bicyclic) bond motifs is 1. The Balaban J connectivity index is 1.77. The van der Waals surface area contributed by atoms with Gasteiger partial charge in [0.25, 0.3) is 5.91 Å². The number of hydrogen-bond donors (Lipinski definition) is 2. The smallest absolute Gasteiger partial charge is 0.339 e. The number of benzene rings is 2. The third-order valence-electron chi connectivity index (χ3n) is 4.62. The number of aryl methyl sites for hydroxylation is 1. The van der Waals surface area contributed by atoms with Crippen molar-refractivity contribution >= 4 is 68.8 Å². The summed E-state index contributed by atoms with van der Waals surface area (Å²) in [6.45, 7) is 9.04. The summed E-state index contributed by atoms with van der Waals surface area (Å²) in [5, 5.41) is 15.0. The number of carboxylic acid groups (broad SMARTS) is 1. The molecule has 4 rings (SSSR count). The quantitative estimate of drug-likeness (QED) is 0.307. The summed E-state index contributed by atoms with van der Waals surface area (Å²) in [6.07, 6.45) is 0. The van der Waals surface area contributed by atoms with Gasteiger partial charge < -0.3 is 14.8 Å². The number of carbonyl (C=O) groups excluding carboxylic acids is 1. The Kier molecular flexibility index (Phi) is 5.46. The molecule has 2 aromatic heterocycles. The monoisotopic (exact) mass is 470 g/mol. The second-order valence-electron chi connectivity index (χ2n) is 6.59. The topological polar surface area (TPSA) is 83.9 Å². The van der Waals surface area contributed by atoms with E-state index < -0.39 is 11.9 Å². The summed E-state index contributed by atoms with van der Waals surface area (Å²) < 4.78 is 5.55. The first kappa shape index (κ1) is 20.9. The van der Waals surface area contributed by atoms with Crippen LogP contribution in [0.2, 0.25) is 10.0 Å². The van der Waals surface area contributed by atoms with Gasteiger partial charge in [-0.2, -0.15) is 0 Å². The zero-order chi connectivity index (χ0) is 22.3. The molecule has 2 aromatic carbocycles. The van der Waals surface area contributed by atoms with E-state index in [1.165, 1.54) is 5.38 Å². The molecular weight excluding hydrogens is 459 g/mol. The number of thiophene rings is 1. The molecule has 154 valence electrons.